The average molecular weight is 392 g/mol. The van der Waals surface area contributed by atoms with Crippen LogP contribution in [0.4, 0.5) is 14.5 Å². The number of ether oxygens (including phenoxy) is 1. The summed E-state index contributed by atoms with van der Waals surface area (Å²) in [5, 5.41) is 0. The Balaban J connectivity index is 2.49. The van der Waals surface area contributed by atoms with Gasteiger partial charge in [0.15, 0.2) is 0 Å². The largest absolute Gasteiger partial charge is 0.492 e. The molecule has 0 spiro atoms. The maximum absolute atomic E-state index is 13.6. The van der Waals surface area contributed by atoms with Gasteiger partial charge in [0.05, 0.1) is 6.61 Å². The summed E-state index contributed by atoms with van der Waals surface area (Å²) >= 11 is 3.16. The number of anilines is 1. The van der Waals surface area contributed by atoms with Gasteiger partial charge in [-0.15, -0.1) is 0 Å². The molecule has 2 rings (SSSR count). The van der Waals surface area contributed by atoms with Crippen molar-refractivity contribution in [1.29, 1.82) is 0 Å². The number of hydrogen-bond acceptors (Lipinski definition) is 3. The van der Waals surface area contributed by atoms with Gasteiger partial charge in [0, 0.05) is 4.47 Å². The first-order valence-corrected chi connectivity index (χ1v) is 8.52. The van der Waals surface area contributed by atoms with Crippen molar-refractivity contribution in [2.75, 3.05) is 11.3 Å². The Kier molecular flexibility index (Phi) is 5.02. The fourth-order valence-corrected chi connectivity index (χ4v) is 3.51. The summed E-state index contributed by atoms with van der Waals surface area (Å²) in [6, 6.07) is 7.43. The van der Waals surface area contributed by atoms with Gasteiger partial charge in [0.25, 0.3) is 10.0 Å². The highest BCUT2D eigenvalue weighted by Crippen LogP contribution is 2.30. The van der Waals surface area contributed by atoms with Crippen LogP contribution in [0.25, 0.3) is 0 Å². The molecule has 0 saturated carbocycles. The summed E-state index contributed by atoms with van der Waals surface area (Å²) in [7, 11) is -4.22. The Hall–Kier alpha value is -1.67. The van der Waals surface area contributed by atoms with E-state index in [1.165, 1.54) is 12.1 Å². The van der Waals surface area contributed by atoms with Gasteiger partial charge in [-0.05, 0) is 37.3 Å². The fourth-order valence-electron chi connectivity index (χ4n) is 1.75. The van der Waals surface area contributed by atoms with Crippen molar-refractivity contribution in [3.05, 3.63) is 52.5 Å². The van der Waals surface area contributed by atoms with Crippen molar-refractivity contribution >= 4 is 31.6 Å². The number of rotatable bonds is 5. The van der Waals surface area contributed by atoms with Crippen molar-refractivity contribution < 1.29 is 21.9 Å². The molecule has 0 unspecified atom stereocenters. The van der Waals surface area contributed by atoms with E-state index in [1.54, 1.807) is 13.0 Å². The van der Waals surface area contributed by atoms with Gasteiger partial charge < -0.3 is 4.74 Å². The molecule has 0 fully saturated rings. The molecule has 0 heterocycles. The predicted molar refractivity (Wildman–Crippen MR) is 82.5 cm³/mol. The van der Waals surface area contributed by atoms with Crippen LogP contribution >= 0.6 is 15.9 Å². The van der Waals surface area contributed by atoms with Crippen molar-refractivity contribution in [3.8, 4) is 5.75 Å². The molecule has 0 atom stereocenters. The van der Waals surface area contributed by atoms with E-state index < -0.39 is 27.3 Å². The smallest absolute Gasteiger partial charge is 0.265 e. The lowest BCUT2D eigenvalue weighted by atomic mass is 10.3. The molecule has 118 valence electrons. The van der Waals surface area contributed by atoms with Crippen molar-refractivity contribution in [2.45, 2.75) is 11.8 Å². The highest BCUT2D eigenvalue weighted by atomic mass is 79.9. The Morgan fingerprint density at radius 1 is 1.18 bits per heavy atom. The minimum absolute atomic E-state index is 0.0925. The molecular weight excluding hydrogens is 380 g/mol. The van der Waals surface area contributed by atoms with Gasteiger partial charge >= 0.3 is 0 Å². The normalized spacial score (nSPS) is 11.3. The number of halogens is 3. The van der Waals surface area contributed by atoms with Crippen LogP contribution < -0.4 is 9.46 Å². The first-order chi connectivity index (χ1) is 10.3. The summed E-state index contributed by atoms with van der Waals surface area (Å²) < 4.78 is 59.7. The lowest BCUT2D eigenvalue weighted by molar-refractivity contribution is 0.331. The van der Waals surface area contributed by atoms with E-state index in [9.17, 15) is 17.2 Å². The Labute approximate surface area is 135 Å². The second-order valence-electron chi connectivity index (χ2n) is 4.23. The van der Waals surface area contributed by atoms with E-state index in [1.807, 2.05) is 4.72 Å². The van der Waals surface area contributed by atoms with E-state index in [4.69, 9.17) is 4.74 Å². The predicted octanol–water partition coefficient (Wildman–Crippen LogP) is 3.93. The maximum atomic E-state index is 13.6. The number of para-hydroxylation sites is 1. The van der Waals surface area contributed by atoms with E-state index in [0.717, 1.165) is 18.2 Å². The molecule has 0 amide bonds. The number of nitrogens with one attached hydrogen (secondary N) is 1. The Morgan fingerprint density at radius 2 is 1.82 bits per heavy atom. The van der Waals surface area contributed by atoms with E-state index in [-0.39, 0.29) is 17.3 Å². The van der Waals surface area contributed by atoms with Gasteiger partial charge in [0.2, 0.25) is 0 Å². The topological polar surface area (TPSA) is 55.4 Å². The highest BCUT2D eigenvalue weighted by molar-refractivity contribution is 9.10. The fraction of sp³-hybridized carbons (Fsp3) is 0.143. The molecule has 2 aromatic carbocycles. The van der Waals surface area contributed by atoms with E-state index in [0.29, 0.717) is 4.47 Å². The van der Waals surface area contributed by atoms with Crippen LogP contribution in [0.2, 0.25) is 0 Å². The summed E-state index contributed by atoms with van der Waals surface area (Å²) in [6.45, 7) is 1.95. The third kappa shape index (κ3) is 3.56. The van der Waals surface area contributed by atoms with Gasteiger partial charge in [-0.2, -0.15) is 0 Å². The van der Waals surface area contributed by atoms with Crippen LogP contribution in [0.3, 0.4) is 0 Å². The average Bonchev–Trinajstić information content (AvgIpc) is 2.45. The molecular formula is C14H12BrF2NO3S. The number of sulfonamides is 1. The summed E-state index contributed by atoms with van der Waals surface area (Å²) in [5.74, 6) is -1.91. The maximum Gasteiger partial charge on any atom is 0.265 e. The zero-order chi connectivity index (χ0) is 16.3. The van der Waals surface area contributed by atoms with Gasteiger partial charge in [0.1, 0.15) is 28.0 Å². The monoisotopic (exact) mass is 391 g/mol. The minimum Gasteiger partial charge on any atom is -0.492 e. The Bertz CT molecular complexity index is 776. The second kappa shape index (κ2) is 6.62. The molecule has 0 aliphatic heterocycles. The molecule has 8 heteroatoms. The van der Waals surface area contributed by atoms with Crippen LogP contribution in [0.1, 0.15) is 6.92 Å². The zero-order valence-corrected chi connectivity index (χ0v) is 13.8. The molecule has 2 aromatic rings. The molecule has 0 saturated heterocycles. The second-order valence-corrected chi connectivity index (χ2v) is 6.79. The van der Waals surface area contributed by atoms with Gasteiger partial charge in [-0.25, -0.2) is 17.2 Å². The summed E-state index contributed by atoms with van der Waals surface area (Å²) in [5.41, 5.74) is -0.732. The number of hydrogen-bond donors (Lipinski definition) is 1. The third-order valence-electron chi connectivity index (χ3n) is 2.69. The van der Waals surface area contributed by atoms with Crippen LogP contribution in [-0.4, -0.2) is 15.0 Å². The lowest BCUT2D eigenvalue weighted by Crippen LogP contribution is -2.16. The van der Waals surface area contributed by atoms with Gasteiger partial charge in [-0.3, -0.25) is 4.72 Å². The molecule has 22 heavy (non-hydrogen) atoms. The molecule has 0 radical (unpaired) electrons. The van der Waals surface area contributed by atoms with Crippen LogP contribution in [-0.2, 0) is 10.0 Å². The van der Waals surface area contributed by atoms with Crippen molar-refractivity contribution in [3.63, 3.8) is 0 Å². The minimum atomic E-state index is -4.22. The molecule has 4 nitrogen and oxygen atoms in total. The molecule has 0 aromatic heterocycles. The van der Waals surface area contributed by atoms with Crippen LogP contribution in [0.5, 0.6) is 5.75 Å². The standard InChI is InChI=1S/C14H12BrF2NO3S/c1-2-21-12-7-6-9(15)8-13(12)22(19,20)18-14-10(16)4-3-5-11(14)17/h3-8,18H,2H2,1H3. The quantitative estimate of drug-likeness (QED) is 0.839. The SMILES string of the molecule is CCOc1ccc(Br)cc1S(=O)(=O)Nc1c(F)cccc1F. The van der Waals surface area contributed by atoms with E-state index >= 15 is 0 Å². The number of benzene rings is 2. The lowest BCUT2D eigenvalue weighted by Gasteiger charge is -2.13. The highest BCUT2D eigenvalue weighted by Gasteiger charge is 2.23. The Morgan fingerprint density at radius 3 is 2.41 bits per heavy atom. The van der Waals surface area contributed by atoms with Crippen LogP contribution in [0, 0.1) is 11.6 Å². The molecule has 1 N–H and O–H groups in total. The summed E-state index contributed by atoms with van der Waals surface area (Å²) in [4.78, 5) is -0.216. The van der Waals surface area contributed by atoms with E-state index in [2.05, 4.69) is 15.9 Å². The van der Waals surface area contributed by atoms with Gasteiger partial charge in [-0.1, -0.05) is 22.0 Å². The third-order valence-corrected chi connectivity index (χ3v) is 4.56. The molecule has 0 bridgehead atoms. The summed E-state index contributed by atoms with van der Waals surface area (Å²) in [6.07, 6.45) is 0. The van der Waals surface area contributed by atoms with Crippen LogP contribution in [0.15, 0.2) is 45.8 Å². The molecule has 0 aliphatic rings. The zero-order valence-electron chi connectivity index (χ0n) is 11.4. The van der Waals surface area contributed by atoms with Crippen molar-refractivity contribution in [2.24, 2.45) is 0 Å². The molecule has 0 aliphatic carbocycles. The van der Waals surface area contributed by atoms with Crippen molar-refractivity contribution in [1.82, 2.24) is 0 Å². The first kappa shape index (κ1) is 16.7. The first-order valence-electron chi connectivity index (χ1n) is 6.24.